The molecule has 0 spiro atoms. The third-order valence-corrected chi connectivity index (χ3v) is 3.73. The van der Waals surface area contributed by atoms with Gasteiger partial charge in [0.05, 0.1) is 17.3 Å². The average molecular weight is 294 g/mol. The van der Waals surface area contributed by atoms with Crippen LogP contribution in [-0.2, 0) is 4.79 Å². The van der Waals surface area contributed by atoms with Gasteiger partial charge in [0, 0.05) is 5.71 Å². The zero-order valence-corrected chi connectivity index (χ0v) is 12.4. The molecule has 0 unspecified atom stereocenters. The molecule has 1 aliphatic carbocycles. The summed E-state index contributed by atoms with van der Waals surface area (Å²) < 4.78 is 0. The SMILES string of the molecule is C[C@H]1CCC/C(=N\NC(=O)CNc2ccccc2Cl)C1. The predicted molar refractivity (Wildman–Crippen MR) is 83.2 cm³/mol. The summed E-state index contributed by atoms with van der Waals surface area (Å²) in [6.07, 6.45) is 4.38. The fourth-order valence-corrected chi connectivity index (χ4v) is 2.53. The third kappa shape index (κ3) is 4.53. The van der Waals surface area contributed by atoms with E-state index in [-0.39, 0.29) is 12.5 Å². The maximum atomic E-state index is 11.7. The van der Waals surface area contributed by atoms with Gasteiger partial charge in [-0.25, -0.2) is 5.43 Å². The summed E-state index contributed by atoms with van der Waals surface area (Å²) in [5, 5.41) is 7.81. The van der Waals surface area contributed by atoms with Gasteiger partial charge in [-0.1, -0.05) is 30.7 Å². The summed E-state index contributed by atoms with van der Waals surface area (Å²) >= 11 is 6.00. The van der Waals surface area contributed by atoms with E-state index in [4.69, 9.17) is 11.6 Å². The molecule has 4 nitrogen and oxygen atoms in total. The highest BCUT2D eigenvalue weighted by atomic mass is 35.5. The fraction of sp³-hybridized carbons (Fsp3) is 0.467. The van der Waals surface area contributed by atoms with Gasteiger partial charge >= 0.3 is 0 Å². The van der Waals surface area contributed by atoms with Crippen LogP contribution in [0, 0.1) is 5.92 Å². The molecule has 2 rings (SSSR count). The normalized spacial score (nSPS) is 20.7. The second-order valence-electron chi connectivity index (χ2n) is 5.25. The first-order valence-electron chi connectivity index (χ1n) is 6.98. The first-order chi connectivity index (χ1) is 9.65. The van der Waals surface area contributed by atoms with E-state index in [0.717, 1.165) is 30.7 Å². The van der Waals surface area contributed by atoms with E-state index >= 15 is 0 Å². The van der Waals surface area contributed by atoms with Crippen molar-refractivity contribution in [2.75, 3.05) is 11.9 Å². The Balaban J connectivity index is 1.78. The Hall–Kier alpha value is -1.55. The number of hydrogen-bond donors (Lipinski definition) is 2. The minimum absolute atomic E-state index is 0.157. The first kappa shape index (κ1) is 14.9. The lowest BCUT2D eigenvalue weighted by Gasteiger charge is -2.19. The Morgan fingerprint density at radius 3 is 3.00 bits per heavy atom. The summed E-state index contributed by atoms with van der Waals surface area (Å²) in [4.78, 5) is 11.7. The molecule has 0 bridgehead atoms. The molecule has 0 saturated heterocycles. The molecular formula is C15H20ClN3O. The van der Waals surface area contributed by atoms with Gasteiger partial charge in [0.1, 0.15) is 0 Å². The van der Waals surface area contributed by atoms with E-state index in [1.54, 1.807) is 6.07 Å². The van der Waals surface area contributed by atoms with Crippen molar-refractivity contribution in [1.82, 2.24) is 5.43 Å². The number of hydrogen-bond acceptors (Lipinski definition) is 3. The first-order valence-corrected chi connectivity index (χ1v) is 7.35. The van der Waals surface area contributed by atoms with Crippen molar-refractivity contribution in [1.29, 1.82) is 0 Å². The van der Waals surface area contributed by atoms with Gasteiger partial charge in [-0.3, -0.25) is 4.79 Å². The standard InChI is InChI=1S/C15H20ClN3O/c1-11-5-4-6-12(9-11)18-19-15(20)10-17-14-8-3-2-7-13(14)16/h2-3,7-8,11,17H,4-6,9-10H2,1H3,(H,19,20)/b18-12+/t11-/m0/s1. The summed E-state index contributed by atoms with van der Waals surface area (Å²) in [6.45, 7) is 2.38. The van der Waals surface area contributed by atoms with Gasteiger partial charge in [-0.15, -0.1) is 0 Å². The molecule has 1 amide bonds. The van der Waals surface area contributed by atoms with Gasteiger partial charge in [-0.05, 0) is 43.7 Å². The Kier molecular flexibility index (Phi) is 5.41. The summed E-state index contributed by atoms with van der Waals surface area (Å²) in [5.41, 5.74) is 4.45. The molecule has 20 heavy (non-hydrogen) atoms. The molecule has 1 atom stereocenters. The second-order valence-corrected chi connectivity index (χ2v) is 5.66. The van der Waals surface area contributed by atoms with Crippen LogP contribution in [0.5, 0.6) is 0 Å². The van der Waals surface area contributed by atoms with Crippen molar-refractivity contribution in [3.63, 3.8) is 0 Å². The van der Waals surface area contributed by atoms with Gasteiger partial charge in [0.2, 0.25) is 0 Å². The minimum atomic E-state index is -0.157. The molecule has 108 valence electrons. The number of halogens is 1. The number of carbonyl (C=O) groups is 1. The fourth-order valence-electron chi connectivity index (χ4n) is 2.32. The lowest BCUT2D eigenvalue weighted by atomic mass is 9.89. The van der Waals surface area contributed by atoms with Gasteiger partial charge in [0.25, 0.3) is 5.91 Å². The maximum absolute atomic E-state index is 11.7. The molecule has 0 heterocycles. The topological polar surface area (TPSA) is 53.5 Å². The van der Waals surface area contributed by atoms with Gasteiger partial charge in [0.15, 0.2) is 0 Å². The highest BCUT2D eigenvalue weighted by Gasteiger charge is 2.14. The highest BCUT2D eigenvalue weighted by Crippen LogP contribution is 2.21. The van der Waals surface area contributed by atoms with E-state index in [0.29, 0.717) is 10.9 Å². The molecule has 0 aromatic heterocycles. The number of amides is 1. The van der Waals surface area contributed by atoms with Crippen LogP contribution < -0.4 is 10.7 Å². The molecule has 2 N–H and O–H groups in total. The van der Waals surface area contributed by atoms with Crippen molar-refractivity contribution in [3.8, 4) is 0 Å². The van der Waals surface area contributed by atoms with Gasteiger partial charge < -0.3 is 5.32 Å². The molecule has 1 aromatic carbocycles. The molecule has 0 radical (unpaired) electrons. The lowest BCUT2D eigenvalue weighted by Crippen LogP contribution is -2.28. The zero-order valence-electron chi connectivity index (χ0n) is 11.7. The van der Waals surface area contributed by atoms with Crippen molar-refractivity contribution in [3.05, 3.63) is 29.3 Å². The minimum Gasteiger partial charge on any atom is -0.375 e. The largest absolute Gasteiger partial charge is 0.375 e. The molecule has 1 fully saturated rings. The van der Waals surface area contributed by atoms with Crippen molar-refractivity contribution in [2.45, 2.75) is 32.6 Å². The van der Waals surface area contributed by atoms with E-state index in [1.165, 1.54) is 6.42 Å². The molecule has 5 heteroatoms. The number of benzene rings is 1. The monoisotopic (exact) mass is 293 g/mol. The number of carbonyl (C=O) groups excluding carboxylic acids is 1. The quantitative estimate of drug-likeness (QED) is 0.836. The van der Waals surface area contributed by atoms with Crippen LogP contribution in [-0.4, -0.2) is 18.2 Å². The number of anilines is 1. The summed E-state index contributed by atoms with van der Waals surface area (Å²) in [6, 6.07) is 7.34. The Bertz CT molecular complexity index is 502. The van der Waals surface area contributed by atoms with Crippen LogP contribution in [0.3, 0.4) is 0 Å². The molecule has 0 aliphatic heterocycles. The van der Waals surface area contributed by atoms with Crippen LogP contribution in [0.15, 0.2) is 29.4 Å². The Labute approximate surface area is 124 Å². The predicted octanol–water partition coefficient (Wildman–Crippen LogP) is 3.43. The highest BCUT2D eigenvalue weighted by molar-refractivity contribution is 6.33. The zero-order chi connectivity index (χ0) is 14.4. The lowest BCUT2D eigenvalue weighted by molar-refractivity contribution is -0.119. The van der Waals surface area contributed by atoms with E-state index in [9.17, 15) is 4.79 Å². The van der Waals surface area contributed by atoms with Crippen molar-refractivity contribution in [2.24, 2.45) is 11.0 Å². The molecule has 1 aromatic rings. The molecule has 1 aliphatic rings. The van der Waals surface area contributed by atoms with Crippen LogP contribution in [0.1, 0.15) is 32.6 Å². The van der Waals surface area contributed by atoms with Crippen molar-refractivity contribution < 1.29 is 4.79 Å². The van der Waals surface area contributed by atoms with Gasteiger partial charge in [-0.2, -0.15) is 5.10 Å². The van der Waals surface area contributed by atoms with Crippen LogP contribution in [0.2, 0.25) is 5.02 Å². The average Bonchev–Trinajstić information content (AvgIpc) is 2.44. The van der Waals surface area contributed by atoms with E-state index in [1.807, 2.05) is 18.2 Å². The van der Waals surface area contributed by atoms with Crippen LogP contribution >= 0.6 is 11.6 Å². The smallest absolute Gasteiger partial charge is 0.259 e. The maximum Gasteiger partial charge on any atom is 0.259 e. The number of rotatable bonds is 4. The Morgan fingerprint density at radius 1 is 1.45 bits per heavy atom. The third-order valence-electron chi connectivity index (χ3n) is 3.40. The number of para-hydroxylation sites is 1. The molecular weight excluding hydrogens is 274 g/mol. The number of nitrogens with zero attached hydrogens (tertiary/aromatic N) is 1. The summed E-state index contributed by atoms with van der Waals surface area (Å²) in [7, 11) is 0. The molecule has 1 saturated carbocycles. The number of nitrogens with one attached hydrogen (secondary N) is 2. The Morgan fingerprint density at radius 2 is 2.25 bits per heavy atom. The van der Waals surface area contributed by atoms with Crippen LogP contribution in [0.25, 0.3) is 0 Å². The summed E-state index contributed by atoms with van der Waals surface area (Å²) in [5.74, 6) is 0.510. The van der Waals surface area contributed by atoms with Crippen LogP contribution in [0.4, 0.5) is 5.69 Å². The van der Waals surface area contributed by atoms with E-state index < -0.39 is 0 Å². The number of hydrazone groups is 1. The van der Waals surface area contributed by atoms with E-state index in [2.05, 4.69) is 22.8 Å². The van der Waals surface area contributed by atoms with Crippen molar-refractivity contribution >= 4 is 28.9 Å². The second kappa shape index (κ2) is 7.29.